The largest absolute Gasteiger partial charge is 0.306 e. The maximum atomic E-state index is 13.1. The van der Waals surface area contributed by atoms with Crippen molar-refractivity contribution in [2.75, 3.05) is 5.32 Å². The normalized spacial score (nSPS) is 10.6. The molecular formula is C24H18BrN3O2. The third-order valence-corrected chi connectivity index (χ3v) is 5.18. The molecule has 1 heterocycles. The number of carbonyl (C=O) groups excluding carboxylic acids is 1. The number of nitrogens with zero attached hydrogens (tertiary/aromatic N) is 2. The molecule has 0 unspecified atom stereocenters. The first-order chi connectivity index (χ1) is 14.5. The van der Waals surface area contributed by atoms with E-state index in [0.717, 1.165) is 10.2 Å². The summed E-state index contributed by atoms with van der Waals surface area (Å²) in [4.78, 5) is 26.1. The summed E-state index contributed by atoms with van der Waals surface area (Å²) in [5, 5.41) is 7.40. The molecule has 0 aliphatic carbocycles. The third-order valence-electron chi connectivity index (χ3n) is 4.66. The van der Waals surface area contributed by atoms with Gasteiger partial charge in [0.25, 0.3) is 5.91 Å². The fourth-order valence-electron chi connectivity index (χ4n) is 3.17. The Morgan fingerprint density at radius 3 is 2.13 bits per heavy atom. The van der Waals surface area contributed by atoms with Gasteiger partial charge < -0.3 is 5.32 Å². The molecule has 148 valence electrons. The Kier molecular flexibility index (Phi) is 5.59. The molecule has 6 heteroatoms. The lowest BCUT2D eigenvalue weighted by molar-refractivity contribution is 0.102. The predicted molar refractivity (Wildman–Crippen MR) is 122 cm³/mol. The molecule has 0 aliphatic heterocycles. The zero-order chi connectivity index (χ0) is 21.1. The van der Waals surface area contributed by atoms with Gasteiger partial charge in [-0.3, -0.25) is 9.59 Å². The lowest BCUT2D eigenvalue weighted by Crippen LogP contribution is -2.24. The van der Waals surface area contributed by atoms with Gasteiger partial charge in [-0.2, -0.15) is 5.10 Å². The summed E-state index contributed by atoms with van der Waals surface area (Å²) in [6.45, 7) is 1.67. The van der Waals surface area contributed by atoms with Gasteiger partial charge >= 0.3 is 0 Å². The number of aromatic nitrogens is 2. The second-order valence-corrected chi connectivity index (χ2v) is 7.63. The highest BCUT2D eigenvalue weighted by molar-refractivity contribution is 9.10. The van der Waals surface area contributed by atoms with Gasteiger partial charge in [0.15, 0.2) is 0 Å². The van der Waals surface area contributed by atoms with Crippen LogP contribution in [0.5, 0.6) is 0 Å². The summed E-state index contributed by atoms with van der Waals surface area (Å²) in [5.74, 6) is 0.0108. The average molecular weight is 460 g/mol. The molecule has 5 nitrogen and oxygen atoms in total. The number of nitrogens with one attached hydrogen (secondary N) is 1. The molecule has 4 rings (SSSR count). The predicted octanol–water partition coefficient (Wildman–Crippen LogP) is 5.22. The maximum absolute atomic E-state index is 13.1. The average Bonchev–Trinajstić information content (AvgIpc) is 2.78. The van der Waals surface area contributed by atoms with Crippen molar-refractivity contribution in [1.29, 1.82) is 0 Å². The lowest BCUT2D eigenvalue weighted by atomic mass is 10.0. The molecule has 0 aliphatic rings. The van der Waals surface area contributed by atoms with Crippen LogP contribution in [0.4, 0.5) is 5.82 Å². The number of halogens is 1. The van der Waals surface area contributed by atoms with Gasteiger partial charge in [0.1, 0.15) is 11.5 Å². The first-order valence-corrected chi connectivity index (χ1v) is 10.2. The molecule has 0 radical (unpaired) electrons. The highest BCUT2D eigenvalue weighted by Gasteiger charge is 2.20. The number of benzene rings is 3. The molecule has 0 saturated carbocycles. The fraction of sp³-hybridized carbons (Fsp3) is 0.0417. The van der Waals surface area contributed by atoms with Crippen molar-refractivity contribution in [3.8, 4) is 16.8 Å². The van der Waals surface area contributed by atoms with Crippen LogP contribution in [-0.2, 0) is 0 Å². The first-order valence-electron chi connectivity index (χ1n) is 9.36. The van der Waals surface area contributed by atoms with Crippen molar-refractivity contribution in [3.05, 3.63) is 111 Å². The van der Waals surface area contributed by atoms with Crippen molar-refractivity contribution in [2.45, 2.75) is 6.92 Å². The van der Waals surface area contributed by atoms with Crippen molar-refractivity contribution in [2.24, 2.45) is 0 Å². The standard InChI is InChI=1S/C24H18BrN3O2/c1-16-22(29)21(17-8-4-2-5-9-17)23(26-24(30)18-10-6-3-7-11-18)28(27-16)20-14-12-19(25)13-15-20/h2-15H,1H3,(H,26,30). The van der Waals surface area contributed by atoms with Crippen molar-refractivity contribution in [1.82, 2.24) is 9.78 Å². The van der Waals surface area contributed by atoms with Crippen LogP contribution in [0.3, 0.4) is 0 Å². The minimum atomic E-state index is -0.316. The van der Waals surface area contributed by atoms with Gasteiger partial charge in [-0.25, -0.2) is 4.68 Å². The van der Waals surface area contributed by atoms with E-state index in [9.17, 15) is 9.59 Å². The molecule has 0 saturated heterocycles. The van der Waals surface area contributed by atoms with Crippen LogP contribution in [0, 0.1) is 6.92 Å². The summed E-state index contributed by atoms with van der Waals surface area (Å²) in [5.41, 5.74) is 2.44. The number of hydrogen-bond donors (Lipinski definition) is 1. The number of aryl methyl sites for hydroxylation is 1. The second-order valence-electron chi connectivity index (χ2n) is 6.71. The van der Waals surface area contributed by atoms with E-state index in [1.807, 2.05) is 60.7 Å². The summed E-state index contributed by atoms with van der Waals surface area (Å²) in [7, 11) is 0. The summed E-state index contributed by atoms with van der Waals surface area (Å²) in [6, 6.07) is 25.7. The molecule has 1 aromatic heterocycles. The summed E-state index contributed by atoms with van der Waals surface area (Å²) < 4.78 is 2.52. The van der Waals surface area contributed by atoms with Crippen LogP contribution in [-0.4, -0.2) is 15.7 Å². The van der Waals surface area contributed by atoms with E-state index in [-0.39, 0.29) is 11.3 Å². The van der Waals surface area contributed by atoms with E-state index in [0.29, 0.717) is 28.2 Å². The Morgan fingerprint density at radius 2 is 1.50 bits per heavy atom. The molecule has 1 amide bonds. The monoisotopic (exact) mass is 459 g/mol. The Hall–Kier alpha value is -3.51. The van der Waals surface area contributed by atoms with Gasteiger partial charge in [0, 0.05) is 10.0 Å². The second kappa shape index (κ2) is 8.47. The summed E-state index contributed by atoms with van der Waals surface area (Å²) >= 11 is 3.44. The van der Waals surface area contributed by atoms with E-state index in [1.54, 1.807) is 35.9 Å². The van der Waals surface area contributed by atoms with E-state index < -0.39 is 0 Å². The third kappa shape index (κ3) is 3.95. The number of hydrogen-bond acceptors (Lipinski definition) is 3. The number of rotatable bonds is 4. The van der Waals surface area contributed by atoms with E-state index >= 15 is 0 Å². The highest BCUT2D eigenvalue weighted by Crippen LogP contribution is 2.28. The molecule has 1 N–H and O–H groups in total. The van der Waals surface area contributed by atoms with Crippen LogP contribution in [0.15, 0.2) is 94.2 Å². The highest BCUT2D eigenvalue weighted by atomic mass is 79.9. The minimum absolute atomic E-state index is 0.224. The summed E-state index contributed by atoms with van der Waals surface area (Å²) in [6.07, 6.45) is 0. The molecule has 4 aromatic rings. The van der Waals surface area contributed by atoms with Crippen LogP contribution in [0.2, 0.25) is 0 Å². The molecule has 3 aromatic carbocycles. The molecule has 30 heavy (non-hydrogen) atoms. The Balaban J connectivity index is 1.96. The van der Waals surface area contributed by atoms with Crippen molar-refractivity contribution in [3.63, 3.8) is 0 Å². The van der Waals surface area contributed by atoms with Gasteiger partial charge in [0.2, 0.25) is 5.43 Å². The quantitative estimate of drug-likeness (QED) is 0.454. The van der Waals surface area contributed by atoms with Crippen molar-refractivity contribution >= 4 is 27.7 Å². The van der Waals surface area contributed by atoms with Crippen LogP contribution in [0.1, 0.15) is 16.1 Å². The zero-order valence-corrected chi connectivity index (χ0v) is 17.8. The van der Waals surface area contributed by atoms with Gasteiger partial charge in [-0.15, -0.1) is 0 Å². The molecule has 0 atom stereocenters. The molecule has 0 spiro atoms. The van der Waals surface area contributed by atoms with Gasteiger partial charge in [-0.1, -0.05) is 64.5 Å². The van der Waals surface area contributed by atoms with E-state index in [2.05, 4.69) is 26.3 Å². The minimum Gasteiger partial charge on any atom is -0.306 e. The van der Waals surface area contributed by atoms with Crippen LogP contribution in [0.25, 0.3) is 16.8 Å². The van der Waals surface area contributed by atoms with E-state index in [1.165, 1.54) is 0 Å². The Labute approximate surface area is 182 Å². The Bertz CT molecular complexity index is 1250. The Morgan fingerprint density at radius 1 is 0.900 bits per heavy atom. The topological polar surface area (TPSA) is 64.0 Å². The maximum Gasteiger partial charge on any atom is 0.256 e. The number of anilines is 1. The van der Waals surface area contributed by atoms with Crippen LogP contribution < -0.4 is 10.7 Å². The zero-order valence-electron chi connectivity index (χ0n) is 16.2. The molecular weight excluding hydrogens is 442 g/mol. The fourth-order valence-corrected chi connectivity index (χ4v) is 3.43. The van der Waals surface area contributed by atoms with Crippen LogP contribution >= 0.6 is 15.9 Å². The smallest absolute Gasteiger partial charge is 0.256 e. The molecule has 0 bridgehead atoms. The SMILES string of the molecule is Cc1nn(-c2ccc(Br)cc2)c(NC(=O)c2ccccc2)c(-c2ccccc2)c1=O. The van der Waals surface area contributed by atoms with Gasteiger partial charge in [-0.05, 0) is 48.9 Å². The van der Waals surface area contributed by atoms with Crippen molar-refractivity contribution < 1.29 is 4.79 Å². The number of carbonyl (C=O) groups is 1. The first kappa shape index (κ1) is 19.8. The number of amides is 1. The van der Waals surface area contributed by atoms with E-state index in [4.69, 9.17) is 0 Å². The molecule has 0 fully saturated rings. The lowest BCUT2D eigenvalue weighted by Gasteiger charge is -2.18. The van der Waals surface area contributed by atoms with Gasteiger partial charge in [0.05, 0.1) is 11.3 Å².